The van der Waals surface area contributed by atoms with Crippen LogP contribution in [0, 0.1) is 0 Å². The summed E-state index contributed by atoms with van der Waals surface area (Å²) in [7, 11) is -5.93. The van der Waals surface area contributed by atoms with E-state index >= 15 is 0 Å². The summed E-state index contributed by atoms with van der Waals surface area (Å²) >= 11 is 0. The lowest BCUT2D eigenvalue weighted by Crippen LogP contribution is -2.32. The van der Waals surface area contributed by atoms with E-state index < -0.39 is 22.2 Å². The largest absolute Gasteiger partial charge is 0.492 e. The van der Waals surface area contributed by atoms with Gasteiger partial charge in [-0.1, -0.05) is 12.1 Å². The van der Waals surface area contributed by atoms with Gasteiger partial charge in [0, 0.05) is 36.9 Å². The SMILES string of the molecule is CCOc1cc(P2(=O)CCNCC2)ccc1Nc1nccc(Nc2ccccc2S(=O)(=O)C(C)C)n1. The van der Waals surface area contributed by atoms with Crippen LogP contribution in [0.15, 0.2) is 59.6 Å². The lowest BCUT2D eigenvalue weighted by Gasteiger charge is -2.25. The lowest BCUT2D eigenvalue weighted by atomic mass is 10.3. The molecule has 11 heteroatoms. The average molecular weight is 530 g/mol. The van der Waals surface area contributed by atoms with Crippen molar-refractivity contribution in [1.29, 1.82) is 0 Å². The van der Waals surface area contributed by atoms with Gasteiger partial charge in [-0.3, -0.25) is 0 Å². The summed E-state index contributed by atoms with van der Waals surface area (Å²) in [5.41, 5.74) is 1.10. The maximum Gasteiger partial charge on any atom is 0.229 e. The second kappa shape index (κ2) is 11.0. The number of nitrogens with one attached hydrogen (secondary N) is 3. The summed E-state index contributed by atoms with van der Waals surface area (Å²) in [4.78, 5) is 9.03. The van der Waals surface area contributed by atoms with Crippen molar-refractivity contribution in [2.75, 3.05) is 42.7 Å². The van der Waals surface area contributed by atoms with E-state index in [1.807, 2.05) is 25.1 Å². The zero-order valence-corrected chi connectivity index (χ0v) is 22.4. The van der Waals surface area contributed by atoms with Crippen LogP contribution in [0.1, 0.15) is 20.8 Å². The first kappa shape index (κ1) is 26.1. The Hall–Kier alpha value is -2.94. The Morgan fingerprint density at radius 3 is 2.53 bits per heavy atom. The third-order valence-corrected chi connectivity index (χ3v) is 11.3. The van der Waals surface area contributed by atoms with Crippen molar-refractivity contribution in [3.05, 3.63) is 54.7 Å². The van der Waals surface area contributed by atoms with Gasteiger partial charge < -0.3 is 25.3 Å². The Morgan fingerprint density at radius 2 is 1.81 bits per heavy atom. The molecule has 0 unspecified atom stereocenters. The zero-order chi connectivity index (χ0) is 25.8. The van der Waals surface area contributed by atoms with Gasteiger partial charge in [-0.2, -0.15) is 4.98 Å². The maximum atomic E-state index is 13.4. The van der Waals surface area contributed by atoms with E-state index in [1.165, 1.54) is 0 Å². The van der Waals surface area contributed by atoms with Crippen LogP contribution in [0.2, 0.25) is 0 Å². The summed E-state index contributed by atoms with van der Waals surface area (Å²) < 4.78 is 44.9. The number of hydrogen-bond acceptors (Lipinski definition) is 9. The molecule has 3 N–H and O–H groups in total. The number of hydrogen-bond donors (Lipinski definition) is 3. The van der Waals surface area contributed by atoms with E-state index in [0.29, 0.717) is 47.8 Å². The van der Waals surface area contributed by atoms with Crippen molar-refractivity contribution >= 4 is 45.4 Å². The monoisotopic (exact) mass is 529 g/mol. The van der Waals surface area contributed by atoms with Crippen molar-refractivity contribution in [3.8, 4) is 5.75 Å². The third-order valence-electron chi connectivity index (χ3n) is 6.01. The summed E-state index contributed by atoms with van der Waals surface area (Å²) in [6, 6.07) is 14.0. The molecule has 0 aliphatic carbocycles. The van der Waals surface area contributed by atoms with Gasteiger partial charge in [-0.25, -0.2) is 13.4 Å². The van der Waals surface area contributed by atoms with E-state index in [9.17, 15) is 13.0 Å². The minimum absolute atomic E-state index is 0.218. The molecule has 2 heterocycles. The molecular formula is C25H32N5O4PS. The van der Waals surface area contributed by atoms with E-state index in [0.717, 1.165) is 18.4 Å². The number of nitrogens with zero attached hydrogens (tertiary/aromatic N) is 2. The summed E-state index contributed by atoms with van der Waals surface area (Å²) in [5, 5.41) is 9.82. The number of para-hydroxylation sites is 1. The molecule has 36 heavy (non-hydrogen) atoms. The standard InChI is InChI=1S/C25H32N5O4PS/c1-4-34-22-17-19(35(31)15-13-26-14-16-35)9-10-20(22)29-25-27-12-11-24(30-25)28-21-7-5-6-8-23(21)36(32,33)18(2)3/h5-12,17-18,26H,4,13-16H2,1-3H3,(H2,27,28,29,30). The lowest BCUT2D eigenvalue weighted by molar-refractivity contribution is 0.342. The molecule has 1 aliphatic rings. The highest BCUT2D eigenvalue weighted by molar-refractivity contribution is 7.92. The van der Waals surface area contributed by atoms with Gasteiger partial charge in [0.1, 0.15) is 18.7 Å². The van der Waals surface area contributed by atoms with Gasteiger partial charge in [0.2, 0.25) is 5.95 Å². The van der Waals surface area contributed by atoms with Gasteiger partial charge in [0.05, 0.1) is 28.1 Å². The Kier molecular flexibility index (Phi) is 7.97. The normalized spacial score (nSPS) is 15.4. The molecule has 1 saturated heterocycles. The van der Waals surface area contributed by atoms with Crippen molar-refractivity contribution < 1.29 is 17.7 Å². The molecule has 2 aromatic carbocycles. The van der Waals surface area contributed by atoms with Crippen LogP contribution in [0.5, 0.6) is 5.75 Å². The predicted molar refractivity (Wildman–Crippen MR) is 145 cm³/mol. The Bertz CT molecular complexity index is 1370. The van der Waals surface area contributed by atoms with E-state index in [4.69, 9.17) is 4.74 Å². The molecule has 1 aromatic heterocycles. The van der Waals surface area contributed by atoms with Crippen LogP contribution in [-0.2, 0) is 14.4 Å². The quantitative estimate of drug-likeness (QED) is 0.351. The highest BCUT2D eigenvalue weighted by Gasteiger charge is 2.28. The minimum atomic E-state index is -3.48. The summed E-state index contributed by atoms with van der Waals surface area (Å²) in [5.74, 6) is 1.33. The number of ether oxygens (including phenoxy) is 1. The third kappa shape index (κ3) is 5.72. The molecule has 0 saturated carbocycles. The Balaban J connectivity index is 1.59. The van der Waals surface area contributed by atoms with Crippen LogP contribution >= 0.6 is 7.14 Å². The number of anilines is 4. The highest BCUT2D eigenvalue weighted by Crippen LogP contribution is 2.46. The van der Waals surface area contributed by atoms with Crippen LogP contribution in [0.3, 0.4) is 0 Å². The van der Waals surface area contributed by atoms with Crippen LogP contribution in [-0.4, -0.2) is 55.7 Å². The molecule has 0 atom stereocenters. The molecule has 1 aliphatic heterocycles. The van der Waals surface area contributed by atoms with E-state index in [-0.39, 0.29) is 4.90 Å². The number of rotatable bonds is 9. The molecule has 0 bridgehead atoms. The molecule has 1 fully saturated rings. The molecular weight excluding hydrogens is 497 g/mol. The average Bonchev–Trinajstić information content (AvgIpc) is 2.86. The Labute approximate surface area is 212 Å². The van der Waals surface area contributed by atoms with Crippen molar-refractivity contribution in [3.63, 3.8) is 0 Å². The maximum absolute atomic E-state index is 13.4. The fourth-order valence-electron chi connectivity index (χ4n) is 3.98. The first-order valence-corrected chi connectivity index (χ1v) is 15.6. The van der Waals surface area contributed by atoms with Crippen molar-refractivity contribution in [2.45, 2.75) is 30.9 Å². The fourth-order valence-corrected chi connectivity index (χ4v) is 7.66. The Morgan fingerprint density at radius 1 is 1.06 bits per heavy atom. The summed E-state index contributed by atoms with van der Waals surface area (Å²) in [6.45, 7) is 7.15. The molecule has 3 aromatic rings. The molecule has 9 nitrogen and oxygen atoms in total. The fraction of sp³-hybridized carbons (Fsp3) is 0.360. The second-order valence-electron chi connectivity index (χ2n) is 8.81. The van der Waals surface area contributed by atoms with Gasteiger partial charge in [0.25, 0.3) is 0 Å². The van der Waals surface area contributed by atoms with E-state index in [2.05, 4.69) is 25.9 Å². The van der Waals surface area contributed by atoms with Crippen LogP contribution in [0.4, 0.5) is 23.1 Å². The smallest absolute Gasteiger partial charge is 0.229 e. The molecule has 4 rings (SSSR count). The van der Waals surface area contributed by atoms with E-state index in [1.54, 1.807) is 50.4 Å². The molecule has 0 spiro atoms. The number of benzene rings is 2. The molecule has 192 valence electrons. The predicted octanol–water partition coefficient (Wildman–Crippen LogP) is 4.14. The van der Waals surface area contributed by atoms with Gasteiger partial charge in [-0.15, -0.1) is 0 Å². The van der Waals surface area contributed by atoms with Gasteiger partial charge in [-0.05, 0) is 57.2 Å². The topological polar surface area (TPSA) is 122 Å². The van der Waals surface area contributed by atoms with Crippen LogP contribution < -0.4 is 26.0 Å². The molecule has 0 amide bonds. The van der Waals surface area contributed by atoms with Gasteiger partial charge in [0.15, 0.2) is 9.84 Å². The molecule has 0 radical (unpaired) electrons. The first-order chi connectivity index (χ1) is 17.2. The van der Waals surface area contributed by atoms with Crippen LogP contribution in [0.25, 0.3) is 0 Å². The van der Waals surface area contributed by atoms with Crippen molar-refractivity contribution in [2.24, 2.45) is 0 Å². The minimum Gasteiger partial charge on any atom is -0.492 e. The second-order valence-corrected chi connectivity index (χ2v) is 14.5. The highest BCUT2D eigenvalue weighted by atomic mass is 32.2. The zero-order valence-electron chi connectivity index (χ0n) is 20.7. The van der Waals surface area contributed by atoms with Crippen molar-refractivity contribution in [1.82, 2.24) is 15.3 Å². The van der Waals surface area contributed by atoms with Gasteiger partial charge >= 0.3 is 0 Å². The number of sulfone groups is 1. The summed E-state index contributed by atoms with van der Waals surface area (Å²) in [6.07, 6.45) is 2.85. The number of aromatic nitrogens is 2. The first-order valence-electron chi connectivity index (χ1n) is 12.0.